The molecule has 218 valence electrons. The average molecular weight is 585 g/mol. The minimum absolute atomic E-state index is 0.111. The smallest absolute Gasteiger partial charge is 0.423 e. The molecule has 0 heterocycles. The maximum absolute atomic E-state index is 13.3. The van der Waals surface area contributed by atoms with Crippen molar-refractivity contribution in [2.45, 2.75) is 36.1 Å². The predicted octanol–water partition coefficient (Wildman–Crippen LogP) is 1.43. The Morgan fingerprint density at radius 2 is 1.41 bits per heavy atom. The molecule has 14 heteroatoms. The number of carbonyl (C=O) groups is 2. The molecule has 1 atom stereocenters. The molecule has 12 nitrogen and oxygen atoms in total. The maximum Gasteiger partial charge on any atom is 0.488 e. The van der Waals surface area contributed by atoms with E-state index in [9.17, 15) is 23.2 Å². The van der Waals surface area contributed by atoms with Crippen LogP contribution in [0.15, 0.2) is 89.8 Å². The van der Waals surface area contributed by atoms with Crippen molar-refractivity contribution < 1.29 is 43.4 Å². The highest BCUT2D eigenvalue weighted by Gasteiger charge is 2.33. The number of sulfonamides is 1. The average Bonchev–Trinajstić information content (AvgIpc) is 2.99. The van der Waals surface area contributed by atoms with Gasteiger partial charge in [0.15, 0.2) is 0 Å². The molecule has 0 spiro atoms. The fourth-order valence-electron chi connectivity index (χ4n) is 4.28. The Labute approximate surface area is 238 Å². The van der Waals surface area contributed by atoms with Crippen molar-refractivity contribution in [1.29, 1.82) is 0 Å². The normalized spacial score (nSPS) is 12.1. The van der Waals surface area contributed by atoms with E-state index in [0.29, 0.717) is 12.8 Å². The van der Waals surface area contributed by atoms with Crippen molar-refractivity contribution in [3.05, 3.63) is 96.1 Å². The monoisotopic (exact) mass is 585 g/mol. The van der Waals surface area contributed by atoms with Crippen molar-refractivity contribution in [2.75, 3.05) is 13.1 Å². The van der Waals surface area contributed by atoms with Gasteiger partial charge < -0.3 is 20.7 Å². The molecule has 0 fully saturated rings. The highest BCUT2D eigenvalue weighted by molar-refractivity contribution is 7.89. The van der Waals surface area contributed by atoms with Crippen LogP contribution in [0.4, 0.5) is 4.79 Å². The van der Waals surface area contributed by atoms with Gasteiger partial charge in [0.25, 0.3) is 10.0 Å². The van der Waals surface area contributed by atoms with Crippen LogP contribution in [0.3, 0.4) is 0 Å². The second kappa shape index (κ2) is 15.3. The molecule has 0 aliphatic carbocycles. The van der Waals surface area contributed by atoms with E-state index in [0.717, 1.165) is 23.3 Å². The summed E-state index contributed by atoms with van der Waals surface area (Å²) < 4.78 is 25.3. The Hall–Kier alpha value is -3.79. The molecule has 3 rings (SSSR count). The standard InChI is InChI=1S/C27H32BN3O9S/c32-26(25(30-27(33)40-37)24(20-10-4-1-5-11-20)21-12-6-2-7-13-21)29-18-8-3-9-19-31(36)41(38,39)23-16-14-22(15-17-23)28(34)35/h1-2,4-7,10-17,24-25,34-37H,3,8-9,18-19H2,(H,29,32)(H,30,33)/t25-/m0/s1. The molecule has 3 aromatic rings. The summed E-state index contributed by atoms with van der Waals surface area (Å²) in [6.07, 6.45) is 0.00336. The number of carbonyl (C=O) groups excluding carboxylic acids is 2. The minimum atomic E-state index is -4.19. The molecule has 0 aliphatic heterocycles. The quantitative estimate of drug-likeness (QED) is 0.0705. The van der Waals surface area contributed by atoms with E-state index in [2.05, 4.69) is 15.5 Å². The zero-order chi connectivity index (χ0) is 29.8. The highest BCUT2D eigenvalue weighted by atomic mass is 32.2. The summed E-state index contributed by atoms with van der Waals surface area (Å²) in [4.78, 5) is 28.8. The fraction of sp³-hybridized carbons (Fsp3) is 0.259. The molecule has 0 bridgehead atoms. The lowest BCUT2D eigenvalue weighted by molar-refractivity contribution is -0.178. The summed E-state index contributed by atoms with van der Waals surface area (Å²) in [5.41, 5.74) is 1.62. The van der Waals surface area contributed by atoms with Gasteiger partial charge in [0, 0.05) is 19.0 Å². The first-order valence-corrected chi connectivity index (χ1v) is 14.3. The zero-order valence-corrected chi connectivity index (χ0v) is 22.9. The van der Waals surface area contributed by atoms with Crippen molar-refractivity contribution in [2.24, 2.45) is 0 Å². The van der Waals surface area contributed by atoms with Crippen LogP contribution >= 0.6 is 0 Å². The van der Waals surface area contributed by atoms with Gasteiger partial charge in [-0.15, -0.1) is 0 Å². The van der Waals surface area contributed by atoms with Crippen LogP contribution in [0.2, 0.25) is 0 Å². The SMILES string of the molecule is O=C(N[C@H](C(=O)NCCCCCN(O)S(=O)(=O)c1ccc(B(O)O)cc1)C(c1ccccc1)c1ccccc1)OO. The molecule has 0 saturated carbocycles. The topological polar surface area (TPSA) is 186 Å². The van der Waals surface area contributed by atoms with Gasteiger partial charge in [-0.25, -0.2) is 13.2 Å². The second-order valence-corrected chi connectivity index (χ2v) is 11.0. The first-order chi connectivity index (χ1) is 19.6. The largest absolute Gasteiger partial charge is 0.488 e. The Balaban J connectivity index is 1.57. The number of amides is 2. The van der Waals surface area contributed by atoms with Crippen LogP contribution in [-0.2, 0) is 19.7 Å². The summed E-state index contributed by atoms with van der Waals surface area (Å²) in [6.45, 7) is 0.00186. The van der Waals surface area contributed by atoms with E-state index in [4.69, 9.17) is 15.3 Å². The molecule has 2 amide bonds. The lowest BCUT2D eigenvalue weighted by Gasteiger charge is -2.27. The Kier molecular flexibility index (Phi) is 11.8. The van der Waals surface area contributed by atoms with Crippen LogP contribution in [0.5, 0.6) is 0 Å². The van der Waals surface area contributed by atoms with Gasteiger partial charge in [0.05, 0.1) is 4.90 Å². The number of rotatable bonds is 14. The van der Waals surface area contributed by atoms with Crippen LogP contribution in [-0.4, -0.2) is 71.6 Å². The lowest BCUT2D eigenvalue weighted by Crippen LogP contribution is -2.50. The van der Waals surface area contributed by atoms with Crippen LogP contribution in [0, 0.1) is 0 Å². The molecular weight excluding hydrogens is 553 g/mol. The van der Waals surface area contributed by atoms with Gasteiger partial charge in [0.2, 0.25) is 5.91 Å². The Bertz CT molecular complexity index is 1320. The number of nitrogens with one attached hydrogen (secondary N) is 2. The molecule has 3 aromatic carbocycles. The number of nitrogens with zero attached hydrogens (tertiary/aromatic N) is 1. The van der Waals surface area contributed by atoms with E-state index >= 15 is 0 Å². The third-order valence-electron chi connectivity index (χ3n) is 6.37. The molecule has 0 aromatic heterocycles. The number of hydrogen-bond donors (Lipinski definition) is 6. The number of unbranched alkanes of at least 4 members (excludes halogenated alkanes) is 2. The Morgan fingerprint density at radius 1 is 0.854 bits per heavy atom. The highest BCUT2D eigenvalue weighted by Crippen LogP contribution is 2.28. The summed E-state index contributed by atoms with van der Waals surface area (Å²) >= 11 is 0. The molecule has 0 aliphatic rings. The fourth-order valence-corrected chi connectivity index (χ4v) is 5.37. The lowest BCUT2D eigenvalue weighted by atomic mass is 9.81. The van der Waals surface area contributed by atoms with Gasteiger partial charge in [0.1, 0.15) is 6.04 Å². The third kappa shape index (κ3) is 8.85. The van der Waals surface area contributed by atoms with Crippen LogP contribution < -0.4 is 16.1 Å². The molecular formula is C27H32BN3O9S. The first-order valence-electron chi connectivity index (χ1n) is 12.8. The summed E-state index contributed by atoms with van der Waals surface area (Å²) in [7, 11) is -5.93. The zero-order valence-electron chi connectivity index (χ0n) is 22.0. The van der Waals surface area contributed by atoms with E-state index in [1.165, 1.54) is 12.1 Å². The summed E-state index contributed by atoms with van der Waals surface area (Å²) in [6, 6.07) is 21.8. The predicted molar refractivity (Wildman–Crippen MR) is 150 cm³/mol. The number of hydrogen-bond acceptors (Lipinski definition) is 9. The molecule has 41 heavy (non-hydrogen) atoms. The van der Waals surface area contributed by atoms with E-state index < -0.39 is 41.1 Å². The van der Waals surface area contributed by atoms with Crippen molar-refractivity contribution >= 4 is 34.6 Å². The van der Waals surface area contributed by atoms with Gasteiger partial charge in [-0.2, -0.15) is 5.26 Å². The van der Waals surface area contributed by atoms with Crippen molar-refractivity contribution in [3.63, 3.8) is 0 Å². The maximum atomic E-state index is 13.3. The van der Waals surface area contributed by atoms with E-state index in [1.807, 2.05) is 60.7 Å². The first kappa shape index (κ1) is 31.7. The van der Waals surface area contributed by atoms with Gasteiger partial charge in [-0.05, 0) is 41.6 Å². The van der Waals surface area contributed by atoms with Gasteiger partial charge in [-0.3, -0.25) is 14.9 Å². The van der Waals surface area contributed by atoms with Crippen molar-refractivity contribution in [3.8, 4) is 0 Å². The number of hydroxylamine groups is 1. The minimum Gasteiger partial charge on any atom is -0.423 e. The molecule has 0 saturated heterocycles. The van der Waals surface area contributed by atoms with Crippen molar-refractivity contribution in [1.82, 2.24) is 15.1 Å². The number of benzene rings is 3. The molecule has 0 unspecified atom stereocenters. The third-order valence-corrected chi connectivity index (χ3v) is 7.97. The van der Waals surface area contributed by atoms with Crippen LogP contribution in [0.1, 0.15) is 36.3 Å². The summed E-state index contributed by atoms with van der Waals surface area (Å²) in [5, 5.41) is 42.4. The Morgan fingerprint density at radius 3 is 1.93 bits per heavy atom. The van der Waals surface area contributed by atoms with Gasteiger partial charge >= 0.3 is 13.2 Å². The molecule has 0 radical (unpaired) electrons. The summed E-state index contributed by atoms with van der Waals surface area (Å²) in [5.74, 6) is -1.12. The van der Waals surface area contributed by atoms with E-state index in [1.54, 1.807) is 0 Å². The molecule has 6 N–H and O–H groups in total. The van der Waals surface area contributed by atoms with Crippen LogP contribution in [0.25, 0.3) is 0 Å². The second-order valence-electron chi connectivity index (χ2n) is 9.15. The van der Waals surface area contributed by atoms with Gasteiger partial charge in [-0.1, -0.05) is 83.7 Å². The van der Waals surface area contributed by atoms with E-state index in [-0.39, 0.29) is 34.3 Å².